The molecule has 2 aromatic rings. The highest BCUT2D eigenvalue weighted by atomic mass is 32.2. The lowest BCUT2D eigenvalue weighted by Gasteiger charge is -2.16. The fourth-order valence-electron chi connectivity index (χ4n) is 2.24. The average Bonchev–Trinajstić information content (AvgIpc) is 3.14. The fraction of sp³-hybridized carbons (Fsp3) is 0.250. The average molecular weight is 412 g/mol. The Morgan fingerprint density at radius 2 is 2.04 bits per heavy atom. The number of benzene rings is 1. The van der Waals surface area contributed by atoms with E-state index in [-0.39, 0.29) is 16.9 Å². The maximum absolute atomic E-state index is 12.6. The summed E-state index contributed by atoms with van der Waals surface area (Å²) in [6.45, 7) is 0. The molecular formula is C16H16N2O7S2. The first-order valence-electron chi connectivity index (χ1n) is 7.52. The van der Waals surface area contributed by atoms with Crippen LogP contribution in [-0.2, 0) is 19.4 Å². The third-order valence-corrected chi connectivity index (χ3v) is 5.66. The van der Waals surface area contributed by atoms with Crippen LogP contribution < -0.4 is 5.32 Å². The van der Waals surface area contributed by atoms with Gasteiger partial charge >= 0.3 is 5.97 Å². The molecule has 1 N–H and O–H groups in total. The minimum Gasteiger partial charge on any atom is -0.469 e. The van der Waals surface area contributed by atoms with Crippen LogP contribution >= 0.6 is 11.3 Å². The van der Waals surface area contributed by atoms with Crippen LogP contribution in [0.25, 0.3) is 0 Å². The van der Waals surface area contributed by atoms with Crippen LogP contribution in [-0.4, -0.2) is 38.6 Å². The molecule has 1 heterocycles. The van der Waals surface area contributed by atoms with Crippen molar-refractivity contribution in [3.8, 4) is 0 Å². The van der Waals surface area contributed by atoms with Crippen LogP contribution in [0.1, 0.15) is 27.7 Å². The van der Waals surface area contributed by atoms with Crippen molar-refractivity contribution in [1.82, 2.24) is 5.32 Å². The van der Waals surface area contributed by atoms with Crippen LogP contribution in [0.5, 0.6) is 0 Å². The van der Waals surface area contributed by atoms with E-state index in [4.69, 9.17) is 0 Å². The number of thiophene rings is 1. The summed E-state index contributed by atoms with van der Waals surface area (Å²) in [5.41, 5.74) is -0.722. The zero-order chi connectivity index (χ0) is 20.2. The summed E-state index contributed by atoms with van der Waals surface area (Å²) in [4.78, 5) is 34.8. The Hall–Kier alpha value is -2.79. The van der Waals surface area contributed by atoms with E-state index in [0.29, 0.717) is 4.88 Å². The van der Waals surface area contributed by atoms with Crippen molar-refractivity contribution >= 4 is 38.7 Å². The van der Waals surface area contributed by atoms with Gasteiger partial charge in [-0.05, 0) is 17.5 Å². The van der Waals surface area contributed by atoms with Crippen molar-refractivity contribution < 1.29 is 27.7 Å². The molecule has 0 saturated carbocycles. The van der Waals surface area contributed by atoms with E-state index >= 15 is 0 Å². The number of carbonyl (C=O) groups is 2. The Morgan fingerprint density at radius 1 is 1.33 bits per heavy atom. The molecular weight excluding hydrogens is 396 g/mol. The summed E-state index contributed by atoms with van der Waals surface area (Å²) in [7, 11) is -2.55. The number of hydrogen-bond acceptors (Lipinski definition) is 8. The van der Waals surface area contributed by atoms with Crippen molar-refractivity contribution in [2.75, 3.05) is 13.4 Å². The molecule has 2 rings (SSSR count). The molecule has 1 unspecified atom stereocenters. The number of rotatable bonds is 7. The van der Waals surface area contributed by atoms with Gasteiger partial charge in [0.05, 0.1) is 29.4 Å². The van der Waals surface area contributed by atoms with E-state index in [1.54, 1.807) is 17.5 Å². The Kier molecular flexibility index (Phi) is 6.28. The van der Waals surface area contributed by atoms with Gasteiger partial charge in [-0.2, -0.15) is 0 Å². The lowest BCUT2D eigenvalue weighted by molar-refractivity contribution is -0.385. The summed E-state index contributed by atoms with van der Waals surface area (Å²) in [5, 5.41) is 15.4. The first-order valence-corrected chi connectivity index (χ1v) is 10.3. The maximum Gasteiger partial charge on any atom is 0.307 e. The second-order valence-electron chi connectivity index (χ2n) is 5.57. The molecule has 0 spiro atoms. The molecule has 27 heavy (non-hydrogen) atoms. The second kappa shape index (κ2) is 8.27. The Balaban J connectivity index is 2.38. The number of amides is 1. The Bertz CT molecular complexity index is 969. The minimum atomic E-state index is -3.77. The first-order chi connectivity index (χ1) is 12.6. The van der Waals surface area contributed by atoms with Crippen molar-refractivity contribution in [1.29, 1.82) is 0 Å². The zero-order valence-corrected chi connectivity index (χ0v) is 16.0. The SMILES string of the molecule is COC(=O)CC(NC(=O)c1cc([N+](=O)[O-])cc(S(C)(=O)=O)c1)c1cccs1. The number of methoxy groups -OCH3 is 1. The van der Waals surface area contributed by atoms with Crippen LogP contribution in [0.2, 0.25) is 0 Å². The fourth-order valence-corrected chi connectivity index (χ4v) is 3.69. The van der Waals surface area contributed by atoms with Crippen LogP contribution in [0.15, 0.2) is 40.6 Å². The molecule has 1 atom stereocenters. The number of carbonyl (C=O) groups excluding carboxylic acids is 2. The number of nitrogens with one attached hydrogen (secondary N) is 1. The first kappa shape index (κ1) is 20.5. The number of non-ortho nitro benzene ring substituents is 1. The van der Waals surface area contributed by atoms with Crippen LogP contribution in [0.4, 0.5) is 5.69 Å². The van der Waals surface area contributed by atoms with Gasteiger partial charge in [-0.1, -0.05) is 6.07 Å². The van der Waals surface area contributed by atoms with Gasteiger partial charge in [-0.3, -0.25) is 19.7 Å². The van der Waals surface area contributed by atoms with E-state index in [2.05, 4.69) is 10.1 Å². The number of sulfone groups is 1. The normalized spacial score (nSPS) is 12.2. The molecule has 0 saturated heterocycles. The lowest BCUT2D eigenvalue weighted by Crippen LogP contribution is -2.30. The zero-order valence-electron chi connectivity index (χ0n) is 14.4. The molecule has 1 aromatic carbocycles. The Morgan fingerprint density at radius 3 is 2.56 bits per heavy atom. The summed E-state index contributed by atoms with van der Waals surface area (Å²) in [5.74, 6) is -1.30. The highest BCUT2D eigenvalue weighted by molar-refractivity contribution is 7.90. The quantitative estimate of drug-likeness (QED) is 0.418. The van der Waals surface area contributed by atoms with Gasteiger partial charge in [0.25, 0.3) is 11.6 Å². The number of hydrogen-bond donors (Lipinski definition) is 1. The molecule has 0 aliphatic rings. The third-order valence-electron chi connectivity index (χ3n) is 3.58. The van der Waals surface area contributed by atoms with E-state index in [9.17, 15) is 28.1 Å². The topological polar surface area (TPSA) is 133 Å². The number of nitro benzene ring substituents is 1. The van der Waals surface area contributed by atoms with E-state index in [1.165, 1.54) is 18.4 Å². The molecule has 0 aliphatic carbocycles. The van der Waals surface area contributed by atoms with E-state index in [1.807, 2.05) is 0 Å². The summed E-state index contributed by atoms with van der Waals surface area (Å²) in [6.07, 6.45) is 0.746. The standard InChI is InChI=1S/C16H16N2O7S2/c1-25-15(19)9-13(14-4-3-5-26-14)17-16(20)10-6-11(18(21)22)8-12(7-10)27(2,23)24/h3-8,13H,9H2,1-2H3,(H,17,20). The van der Waals surface area contributed by atoms with Crippen molar-refractivity contribution in [3.05, 3.63) is 56.3 Å². The van der Waals surface area contributed by atoms with Crippen LogP contribution in [0, 0.1) is 10.1 Å². The molecule has 1 aromatic heterocycles. The molecule has 0 fully saturated rings. The number of ether oxygens (including phenoxy) is 1. The molecule has 9 nitrogen and oxygen atoms in total. The predicted octanol–water partition coefficient (Wildman–Crippen LogP) is 2.09. The maximum atomic E-state index is 12.6. The second-order valence-corrected chi connectivity index (χ2v) is 8.56. The number of nitrogens with zero attached hydrogens (tertiary/aromatic N) is 1. The van der Waals surface area contributed by atoms with Crippen molar-refractivity contribution in [2.24, 2.45) is 0 Å². The summed E-state index contributed by atoms with van der Waals surface area (Å²) < 4.78 is 28.2. The highest BCUT2D eigenvalue weighted by Gasteiger charge is 2.23. The number of esters is 1. The van der Waals surface area contributed by atoms with Gasteiger partial charge in [0.2, 0.25) is 0 Å². The molecule has 11 heteroatoms. The monoisotopic (exact) mass is 412 g/mol. The van der Waals surface area contributed by atoms with Gasteiger partial charge in [0.15, 0.2) is 9.84 Å². The van der Waals surface area contributed by atoms with Crippen LogP contribution in [0.3, 0.4) is 0 Å². The van der Waals surface area contributed by atoms with E-state index in [0.717, 1.165) is 24.5 Å². The summed E-state index contributed by atoms with van der Waals surface area (Å²) >= 11 is 1.31. The van der Waals surface area contributed by atoms with Gasteiger partial charge in [0, 0.05) is 28.8 Å². The number of nitro groups is 1. The van der Waals surface area contributed by atoms with Gasteiger partial charge in [0.1, 0.15) is 0 Å². The lowest BCUT2D eigenvalue weighted by atomic mass is 10.1. The molecule has 1 amide bonds. The highest BCUT2D eigenvalue weighted by Crippen LogP contribution is 2.25. The van der Waals surface area contributed by atoms with Crippen molar-refractivity contribution in [3.63, 3.8) is 0 Å². The van der Waals surface area contributed by atoms with Gasteiger partial charge in [-0.25, -0.2) is 8.42 Å². The molecule has 144 valence electrons. The predicted molar refractivity (Wildman–Crippen MR) is 97.4 cm³/mol. The van der Waals surface area contributed by atoms with Gasteiger partial charge < -0.3 is 10.1 Å². The minimum absolute atomic E-state index is 0.142. The molecule has 0 aliphatic heterocycles. The molecule has 0 radical (unpaired) electrons. The van der Waals surface area contributed by atoms with E-state index < -0.39 is 38.4 Å². The van der Waals surface area contributed by atoms with Gasteiger partial charge in [-0.15, -0.1) is 11.3 Å². The smallest absolute Gasteiger partial charge is 0.307 e. The Labute approximate surface area is 159 Å². The summed E-state index contributed by atoms with van der Waals surface area (Å²) in [6, 6.07) is 5.66. The largest absolute Gasteiger partial charge is 0.469 e. The molecule has 0 bridgehead atoms. The van der Waals surface area contributed by atoms with Crippen molar-refractivity contribution in [2.45, 2.75) is 17.4 Å². The third kappa shape index (κ3) is 5.34.